The third-order valence-electron chi connectivity index (χ3n) is 6.21. The molecule has 0 aromatic heterocycles. The standard InChI is InChI=1S/C29H22ClNO3/c30-24-15-16-26-25(17-24)29(34,28(33)31(26)19-20-7-3-1-4-8-20)18-27(32)23-13-11-22(12-14-23)21-9-5-2-6-10-21/h1-17,34H,18-19H2/t29-/m0/s1. The molecule has 4 nitrogen and oxygen atoms in total. The van der Waals surface area contributed by atoms with E-state index in [0.717, 1.165) is 16.7 Å². The van der Waals surface area contributed by atoms with Crippen LogP contribution in [0, 0.1) is 0 Å². The maximum atomic E-state index is 13.5. The number of amides is 1. The van der Waals surface area contributed by atoms with Gasteiger partial charge in [-0.2, -0.15) is 0 Å². The van der Waals surface area contributed by atoms with E-state index in [1.807, 2.05) is 72.8 Å². The topological polar surface area (TPSA) is 57.6 Å². The van der Waals surface area contributed by atoms with Crippen molar-refractivity contribution >= 4 is 29.0 Å². The van der Waals surface area contributed by atoms with E-state index in [4.69, 9.17) is 11.6 Å². The Morgan fingerprint density at radius 2 is 1.44 bits per heavy atom. The molecule has 4 aromatic carbocycles. The molecule has 5 heteroatoms. The zero-order valence-electron chi connectivity index (χ0n) is 18.3. The summed E-state index contributed by atoms with van der Waals surface area (Å²) in [4.78, 5) is 28.2. The lowest BCUT2D eigenvalue weighted by Crippen LogP contribution is -2.41. The molecular weight excluding hydrogens is 446 g/mol. The lowest BCUT2D eigenvalue weighted by atomic mass is 9.88. The van der Waals surface area contributed by atoms with Crippen molar-refractivity contribution in [1.82, 2.24) is 0 Å². The minimum absolute atomic E-state index is 0.288. The molecule has 0 fully saturated rings. The number of halogens is 1. The fourth-order valence-electron chi connectivity index (χ4n) is 4.43. The predicted octanol–water partition coefficient (Wildman–Crippen LogP) is 6.01. The third-order valence-corrected chi connectivity index (χ3v) is 6.44. The van der Waals surface area contributed by atoms with Gasteiger partial charge in [0.25, 0.3) is 5.91 Å². The van der Waals surface area contributed by atoms with E-state index in [-0.39, 0.29) is 18.7 Å². The molecule has 1 heterocycles. The van der Waals surface area contributed by atoms with Gasteiger partial charge >= 0.3 is 0 Å². The van der Waals surface area contributed by atoms with Crippen molar-refractivity contribution < 1.29 is 14.7 Å². The Hall–Kier alpha value is -3.73. The number of carbonyl (C=O) groups excluding carboxylic acids is 2. The van der Waals surface area contributed by atoms with E-state index in [9.17, 15) is 14.7 Å². The normalized spacial score (nSPS) is 17.0. The third kappa shape index (κ3) is 4.03. The summed E-state index contributed by atoms with van der Waals surface area (Å²) in [7, 11) is 0. The Balaban J connectivity index is 1.44. The summed E-state index contributed by atoms with van der Waals surface area (Å²) in [5.74, 6) is -0.842. The smallest absolute Gasteiger partial charge is 0.264 e. The Morgan fingerprint density at radius 1 is 0.824 bits per heavy atom. The number of carbonyl (C=O) groups is 2. The number of ketones is 1. The molecule has 0 bridgehead atoms. The molecule has 1 N–H and O–H groups in total. The molecule has 0 spiro atoms. The second kappa shape index (κ2) is 8.90. The number of fused-ring (bicyclic) bond motifs is 1. The van der Waals surface area contributed by atoms with E-state index in [2.05, 4.69) is 0 Å². The zero-order chi connectivity index (χ0) is 23.7. The molecule has 0 saturated heterocycles. The second-order valence-electron chi connectivity index (χ2n) is 8.44. The zero-order valence-corrected chi connectivity index (χ0v) is 19.1. The number of nitrogens with zero attached hydrogens (tertiary/aromatic N) is 1. The van der Waals surface area contributed by atoms with Gasteiger partial charge in [-0.1, -0.05) is 96.5 Å². The molecule has 34 heavy (non-hydrogen) atoms. The SMILES string of the molecule is O=C(C[C@@]1(O)C(=O)N(Cc2ccccc2)c2ccc(Cl)cc21)c1ccc(-c2ccccc2)cc1. The first-order valence-electron chi connectivity index (χ1n) is 11.0. The van der Waals surface area contributed by atoms with E-state index in [0.29, 0.717) is 21.8 Å². The quantitative estimate of drug-likeness (QED) is 0.353. The largest absolute Gasteiger partial charge is 0.375 e. The molecule has 0 radical (unpaired) electrons. The molecule has 1 aliphatic rings. The summed E-state index contributed by atoms with van der Waals surface area (Å²) in [6.45, 7) is 0.288. The van der Waals surface area contributed by atoms with Crippen molar-refractivity contribution in [2.75, 3.05) is 4.90 Å². The number of rotatable bonds is 6. The Labute approximate surface area is 203 Å². The van der Waals surface area contributed by atoms with Crippen molar-refractivity contribution in [2.45, 2.75) is 18.6 Å². The van der Waals surface area contributed by atoms with Gasteiger partial charge in [-0.05, 0) is 34.9 Å². The van der Waals surface area contributed by atoms with E-state index in [1.54, 1.807) is 30.3 Å². The van der Waals surface area contributed by atoms with Gasteiger partial charge < -0.3 is 10.0 Å². The highest BCUT2D eigenvalue weighted by molar-refractivity contribution is 6.31. The van der Waals surface area contributed by atoms with Gasteiger partial charge in [-0.25, -0.2) is 0 Å². The minimum atomic E-state index is -1.98. The van der Waals surface area contributed by atoms with Crippen LogP contribution in [0.15, 0.2) is 103 Å². The first kappa shape index (κ1) is 22.1. The summed E-state index contributed by atoms with van der Waals surface area (Å²) in [5, 5.41) is 12.0. The molecule has 168 valence electrons. The predicted molar refractivity (Wildman–Crippen MR) is 134 cm³/mol. The van der Waals surface area contributed by atoms with E-state index < -0.39 is 11.5 Å². The molecule has 5 rings (SSSR count). The van der Waals surface area contributed by atoms with Gasteiger partial charge in [0.05, 0.1) is 18.7 Å². The van der Waals surface area contributed by atoms with Gasteiger partial charge in [0.1, 0.15) is 0 Å². The van der Waals surface area contributed by atoms with Crippen LogP contribution in [0.1, 0.15) is 27.9 Å². The van der Waals surface area contributed by atoms with Crippen LogP contribution in [0.25, 0.3) is 11.1 Å². The first-order chi connectivity index (χ1) is 16.5. The van der Waals surface area contributed by atoms with Crippen LogP contribution in [-0.2, 0) is 16.9 Å². The highest BCUT2D eigenvalue weighted by atomic mass is 35.5. The molecule has 0 saturated carbocycles. The average Bonchev–Trinajstić information content (AvgIpc) is 3.06. The number of aliphatic hydroxyl groups is 1. The number of Topliss-reactive ketones (excluding diaryl/α,β-unsaturated/α-hetero) is 1. The lowest BCUT2D eigenvalue weighted by Gasteiger charge is -2.23. The van der Waals surface area contributed by atoms with Crippen molar-refractivity contribution in [2.24, 2.45) is 0 Å². The Bertz CT molecular complexity index is 1350. The second-order valence-corrected chi connectivity index (χ2v) is 8.88. The summed E-state index contributed by atoms with van der Waals surface area (Å²) >= 11 is 6.21. The Morgan fingerprint density at radius 3 is 2.12 bits per heavy atom. The van der Waals surface area contributed by atoms with Crippen LogP contribution in [0.4, 0.5) is 5.69 Å². The van der Waals surface area contributed by atoms with Crippen molar-refractivity contribution in [1.29, 1.82) is 0 Å². The van der Waals surface area contributed by atoms with E-state index >= 15 is 0 Å². The minimum Gasteiger partial charge on any atom is -0.375 e. The fourth-order valence-corrected chi connectivity index (χ4v) is 4.60. The van der Waals surface area contributed by atoms with Crippen LogP contribution in [0.3, 0.4) is 0 Å². The molecule has 1 aliphatic heterocycles. The maximum Gasteiger partial charge on any atom is 0.264 e. The number of anilines is 1. The van der Waals surface area contributed by atoms with Crippen LogP contribution in [0.2, 0.25) is 5.02 Å². The van der Waals surface area contributed by atoms with Crippen molar-refractivity contribution in [3.05, 3.63) is 125 Å². The van der Waals surface area contributed by atoms with Gasteiger partial charge in [0.15, 0.2) is 11.4 Å². The van der Waals surface area contributed by atoms with Crippen LogP contribution >= 0.6 is 11.6 Å². The fraction of sp³-hybridized carbons (Fsp3) is 0.103. The molecule has 0 unspecified atom stereocenters. The lowest BCUT2D eigenvalue weighted by molar-refractivity contribution is -0.136. The summed E-state index contributed by atoms with van der Waals surface area (Å²) in [5.41, 5.74) is 2.33. The van der Waals surface area contributed by atoms with Crippen molar-refractivity contribution in [3.8, 4) is 11.1 Å². The number of hydrogen-bond acceptors (Lipinski definition) is 3. The summed E-state index contributed by atoms with van der Waals surface area (Å²) in [6, 6.07) is 31.6. The van der Waals surface area contributed by atoms with E-state index in [1.165, 1.54) is 4.90 Å². The molecular formula is C29H22ClNO3. The van der Waals surface area contributed by atoms with Gasteiger partial charge in [-0.15, -0.1) is 0 Å². The molecule has 4 aromatic rings. The number of hydrogen-bond donors (Lipinski definition) is 1. The summed E-state index contributed by atoms with van der Waals surface area (Å²) < 4.78 is 0. The summed E-state index contributed by atoms with van der Waals surface area (Å²) in [6.07, 6.45) is -0.366. The van der Waals surface area contributed by atoms with Crippen LogP contribution < -0.4 is 4.90 Å². The first-order valence-corrected chi connectivity index (χ1v) is 11.4. The Kier molecular flexibility index (Phi) is 5.78. The van der Waals surface area contributed by atoms with Crippen LogP contribution in [0.5, 0.6) is 0 Å². The average molecular weight is 468 g/mol. The molecule has 0 aliphatic carbocycles. The van der Waals surface area contributed by atoms with Gasteiger partial charge in [-0.3, -0.25) is 9.59 Å². The molecule has 1 amide bonds. The monoisotopic (exact) mass is 467 g/mol. The van der Waals surface area contributed by atoms with Gasteiger partial charge in [0, 0.05) is 16.1 Å². The highest BCUT2D eigenvalue weighted by Gasteiger charge is 2.51. The number of benzene rings is 4. The van der Waals surface area contributed by atoms with Crippen molar-refractivity contribution in [3.63, 3.8) is 0 Å². The molecule has 1 atom stereocenters. The van der Waals surface area contributed by atoms with Crippen LogP contribution in [-0.4, -0.2) is 16.8 Å². The highest BCUT2D eigenvalue weighted by Crippen LogP contribution is 2.44. The van der Waals surface area contributed by atoms with Gasteiger partial charge in [0.2, 0.25) is 0 Å². The maximum absolute atomic E-state index is 13.5.